The molecule has 1 N–H and O–H groups in total. The van der Waals surface area contributed by atoms with E-state index in [0.29, 0.717) is 37.7 Å². The molecule has 1 amide bonds. The topological polar surface area (TPSA) is 99.0 Å². The van der Waals surface area contributed by atoms with Crippen LogP contribution in [0, 0.1) is 20.8 Å². The lowest BCUT2D eigenvalue weighted by Gasteiger charge is -2.06. The van der Waals surface area contributed by atoms with Crippen molar-refractivity contribution in [2.45, 2.75) is 40.2 Å². The van der Waals surface area contributed by atoms with Gasteiger partial charge in [0.25, 0.3) is 5.89 Å². The summed E-state index contributed by atoms with van der Waals surface area (Å²) in [5.74, 6) is 1.51. The van der Waals surface area contributed by atoms with Gasteiger partial charge in [-0.3, -0.25) is 9.48 Å². The summed E-state index contributed by atoms with van der Waals surface area (Å²) >= 11 is 0. The first-order valence-corrected chi connectivity index (χ1v) is 8.17. The zero-order valence-corrected chi connectivity index (χ0v) is 14.6. The van der Waals surface area contributed by atoms with Crippen LogP contribution in [-0.2, 0) is 17.8 Å². The highest BCUT2D eigenvalue weighted by molar-refractivity contribution is 5.75. The second kappa shape index (κ2) is 7.33. The summed E-state index contributed by atoms with van der Waals surface area (Å²) in [4.78, 5) is 11.9. The Kier molecular flexibility index (Phi) is 4.97. The number of amides is 1. The molecular formula is C17H21N5O3. The van der Waals surface area contributed by atoms with E-state index in [1.165, 1.54) is 0 Å². The zero-order valence-electron chi connectivity index (χ0n) is 14.6. The molecule has 132 valence electrons. The molecule has 0 fully saturated rings. The van der Waals surface area contributed by atoms with Crippen molar-refractivity contribution < 1.29 is 13.6 Å². The maximum Gasteiger partial charge on any atom is 0.251 e. The Labute approximate surface area is 145 Å². The number of furan rings is 1. The summed E-state index contributed by atoms with van der Waals surface area (Å²) in [5.41, 5.74) is 2.83. The maximum absolute atomic E-state index is 11.9. The normalized spacial score (nSPS) is 11.0. The minimum atomic E-state index is -0.0548. The number of hydrogen-bond donors (Lipinski definition) is 1. The molecule has 3 aromatic rings. The van der Waals surface area contributed by atoms with Crippen molar-refractivity contribution in [2.75, 3.05) is 6.54 Å². The highest BCUT2D eigenvalue weighted by atomic mass is 16.4. The van der Waals surface area contributed by atoms with Gasteiger partial charge in [-0.1, -0.05) is 0 Å². The first-order chi connectivity index (χ1) is 12.0. The van der Waals surface area contributed by atoms with Gasteiger partial charge in [-0.25, -0.2) is 0 Å². The standard InChI is InChI=1S/C17H21N5O3/c1-11-10-12(2)22(21-11)8-7-18-15(23)4-5-16-19-20-17(25-16)14-6-9-24-13(14)3/h6,9-10H,4-5,7-8H2,1-3H3,(H,18,23). The summed E-state index contributed by atoms with van der Waals surface area (Å²) in [5, 5.41) is 15.2. The minimum Gasteiger partial charge on any atom is -0.469 e. The minimum absolute atomic E-state index is 0.0548. The predicted octanol–water partition coefficient (Wildman–Crippen LogP) is 2.20. The van der Waals surface area contributed by atoms with Gasteiger partial charge in [0.15, 0.2) is 0 Å². The van der Waals surface area contributed by atoms with Gasteiger partial charge < -0.3 is 14.2 Å². The smallest absolute Gasteiger partial charge is 0.251 e. The predicted molar refractivity (Wildman–Crippen MR) is 89.8 cm³/mol. The monoisotopic (exact) mass is 343 g/mol. The summed E-state index contributed by atoms with van der Waals surface area (Å²) < 4.78 is 12.7. The lowest BCUT2D eigenvalue weighted by molar-refractivity contribution is -0.121. The van der Waals surface area contributed by atoms with Gasteiger partial charge in [-0.2, -0.15) is 5.10 Å². The first-order valence-electron chi connectivity index (χ1n) is 8.17. The molecule has 0 aliphatic rings. The van der Waals surface area contributed by atoms with Crippen molar-refractivity contribution in [1.82, 2.24) is 25.3 Å². The molecule has 0 unspecified atom stereocenters. The highest BCUT2D eigenvalue weighted by Crippen LogP contribution is 2.22. The Hall–Kier alpha value is -2.90. The molecule has 3 heterocycles. The van der Waals surface area contributed by atoms with E-state index in [1.807, 2.05) is 31.5 Å². The lowest BCUT2D eigenvalue weighted by Crippen LogP contribution is -2.28. The van der Waals surface area contributed by atoms with Crippen LogP contribution in [0.3, 0.4) is 0 Å². The van der Waals surface area contributed by atoms with Gasteiger partial charge in [0.05, 0.1) is 24.1 Å². The quantitative estimate of drug-likeness (QED) is 0.706. The third kappa shape index (κ3) is 4.14. The van der Waals surface area contributed by atoms with Gasteiger partial charge in [-0.05, 0) is 32.9 Å². The van der Waals surface area contributed by atoms with Gasteiger partial charge in [0.1, 0.15) is 5.76 Å². The molecule has 0 radical (unpaired) electrons. The fourth-order valence-corrected chi connectivity index (χ4v) is 2.58. The number of aryl methyl sites for hydroxylation is 4. The van der Waals surface area contributed by atoms with E-state index in [1.54, 1.807) is 12.3 Å². The van der Waals surface area contributed by atoms with Crippen molar-refractivity contribution in [2.24, 2.45) is 0 Å². The number of hydrogen-bond acceptors (Lipinski definition) is 6. The molecule has 8 heteroatoms. The Bertz CT molecular complexity index is 861. The van der Waals surface area contributed by atoms with Crippen LogP contribution in [0.1, 0.15) is 29.5 Å². The van der Waals surface area contributed by atoms with E-state index in [9.17, 15) is 4.79 Å². The van der Waals surface area contributed by atoms with Crippen LogP contribution < -0.4 is 5.32 Å². The van der Waals surface area contributed by atoms with Gasteiger partial charge in [0, 0.05) is 25.1 Å². The fraction of sp³-hybridized carbons (Fsp3) is 0.412. The Balaban J connectivity index is 1.44. The number of nitrogens with one attached hydrogen (secondary N) is 1. The molecule has 0 bridgehead atoms. The summed E-state index contributed by atoms with van der Waals surface area (Å²) in [7, 11) is 0. The molecule has 3 rings (SSSR count). The van der Waals surface area contributed by atoms with Gasteiger partial charge in [0.2, 0.25) is 11.8 Å². The van der Waals surface area contributed by atoms with E-state index >= 15 is 0 Å². The summed E-state index contributed by atoms with van der Waals surface area (Å²) in [6.45, 7) is 6.96. The maximum atomic E-state index is 11.9. The molecule has 0 aliphatic carbocycles. The first kappa shape index (κ1) is 16.9. The second-order valence-electron chi connectivity index (χ2n) is 5.89. The third-order valence-corrected chi connectivity index (χ3v) is 3.87. The molecule has 3 aromatic heterocycles. The number of carbonyl (C=O) groups is 1. The molecule has 0 aliphatic heterocycles. The molecule has 0 atom stereocenters. The lowest BCUT2D eigenvalue weighted by atomic mass is 10.2. The van der Waals surface area contributed by atoms with Crippen molar-refractivity contribution in [3.8, 4) is 11.5 Å². The average Bonchev–Trinajstić information content (AvgIpc) is 3.26. The summed E-state index contributed by atoms with van der Waals surface area (Å²) in [6, 6.07) is 3.79. The van der Waals surface area contributed by atoms with Crippen molar-refractivity contribution in [1.29, 1.82) is 0 Å². The van der Waals surface area contributed by atoms with E-state index < -0.39 is 0 Å². The van der Waals surface area contributed by atoms with Crippen LogP contribution in [0.4, 0.5) is 0 Å². The highest BCUT2D eigenvalue weighted by Gasteiger charge is 2.13. The molecule has 0 saturated heterocycles. The van der Waals surface area contributed by atoms with Crippen molar-refractivity contribution in [3.05, 3.63) is 41.4 Å². The molecule has 0 aromatic carbocycles. The number of rotatable bonds is 7. The van der Waals surface area contributed by atoms with E-state index in [4.69, 9.17) is 8.83 Å². The SMILES string of the molecule is Cc1cc(C)n(CCNC(=O)CCc2nnc(-c3ccoc3C)o2)n1. The molecule has 0 saturated carbocycles. The Morgan fingerprint density at radius 3 is 2.80 bits per heavy atom. The van der Waals surface area contributed by atoms with Crippen molar-refractivity contribution in [3.63, 3.8) is 0 Å². The largest absolute Gasteiger partial charge is 0.469 e. The van der Waals surface area contributed by atoms with Gasteiger partial charge >= 0.3 is 0 Å². The second-order valence-corrected chi connectivity index (χ2v) is 5.89. The van der Waals surface area contributed by atoms with Crippen LogP contribution >= 0.6 is 0 Å². The number of carbonyl (C=O) groups excluding carboxylic acids is 1. The number of aromatic nitrogens is 4. The van der Waals surface area contributed by atoms with E-state index in [2.05, 4.69) is 20.6 Å². The molecule has 25 heavy (non-hydrogen) atoms. The third-order valence-electron chi connectivity index (χ3n) is 3.87. The fourth-order valence-electron chi connectivity index (χ4n) is 2.58. The van der Waals surface area contributed by atoms with E-state index in [-0.39, 0.29) is 5.91 Å². The van der Waals surface area contributed by atoms with Crippen LogP contribution in [0.15, 0.2) is 27.2 Å². The van der Waals surface area contributed by atoms with Crippen molar-refractivity contribution >= 4 is 5.91 Å². The average molecular weight is 343 g/mol. The van der Waals surface area contributed by atoms with Crippen LogP contribution in [0.5, 0.6) is 0 Å². The van der Waals surface area contributed by atoms with Crippen LogP contribution in [0.25, 0.3) is 11.5 Å². The van der Waals surface area contributed by atoms with Crippen LogP contribution in [0.2, 0.25) is 0 Å². The number of nitrogens with zero attached hydrogens (tertiary/aromatic N) is 4. The summed E-state index contributed by atoms with van der Waals surface area (Å²) in [6.07, 6.45) is 2.27. The van der Waals surface area contributed by atoms with E-state index in [0.717, 1.165) is 22.7 Å². The van der Waals surface area contributed by atoms with Gasteiger partial charge in [-0.15, -0.1) is 10.2 Å². The molecule has 0 spiro atoms. The molecular weight excluding hydrogens is 322 g/mol. The molecule has 8 nitrogen and oxygen atoms in total. The Morgan fingerprint density at radius 1 is 1.28 bits per heavy atom. The zero-order chi connectivity index (χ0) is 17.8. The van der Waals surface area contributed by atoms with Crippen LogP contribution in [-0.4, -0.2) is 32.4 Å². The Morgan fingerprint density at radius 2 is 2.12 bits per heavy atom.